The Morgan fingerprint density at radius 2 is 2.12 bits per heavy atom. The molecule has 0 amide bonds. The summed E-state index contributed by atoms with van der Waals surface area (Å²) < 4.78 is 5.85. The quantitative estimate of drug-likeness (QED) is 0.727. The van der Waals surface area contributed by atoms with E-state index < -0.39 is 0 Å². The highest BCUT2D eigenvalue weighted by atomic mass is 35.5. The summed E-state index contributed by atoms with van der Waals surface area (Å²) in [6.07, 6.45) is 3.99. The minimum Gasteiger partial charge on any atom is -0.375 e. The molecule has 17 heavy (non-hydrogen) atoms. The molecule has 1 saturated heterocycles. The summed E-state index contributed by atoms with van der Waals surface area (Å²) in [5.41, 5.74) is 1.15. The molecule has 0 radical (unpaired) electrons. The van der Waals surface area contributed by atoms with Gasteiger partial charge < -0.3 is 4.74 Å². The van der Waals surface area contributed by atoms with Crippen LogP contribution in [0.2, 0.25) is 5.02 Å². The molecule has 0 aliphatic carbocycles. The van der Waals surface area contributed by atoms with Gasteiger partial charge in [-0.25, -0.2) is 0 Å². The van der Waals surface area contributed by atoms with Gasteiger partial charge in [0.1, 0.15) is 0 Å². The number of alkyl halides is 1. The number of hydrogen-bond acceptors (Lipinski definition) is 1. The van der Waals surface area contributed by atoms with Crippen LogP contribution in [0.1, 0.15) is 37.7 Å². The fourth-order valence-electron chi connectivity index (χ4n) is 2.46. The monoisotopic (exact) mass is 272 g/mol. The molecule has 0 aromatic heterocycles. The fourth-order valence-corrected chi connectivity index (χ4v) is 3.04. The zero-order valence-electron chi connectivity index (χ0n) is 10.0. The average molecular weight is 273 g/mol. The molecule has 0 spiro atoms. The molecule has 0 N–H and O–H groups in total. The zero-order chi connectivity index (χ0) is 12.3. The third-order valence-electron chi connectivity index (χ3n) is 3.40. The van der Waals surface area contributed by atoms with Crippen molar-refractivity contribution in [3.8, 4) is 0 Å². The first-order valence-corrected chi connectivity index (χ1v) is 7.07. The predicted molar refractivity (Wildman–Crippen MR) is 73.1 cm³/mol. The molecule has 0 bridgehead atoms. The normalized spacial score (nSPS) is 26.1. The highest BCUT2D eigenvalue weighted by molar-refractivity contribution is 6.31. The standard InChI is InChI=1S/C14H18Cl2O/c1-10-6-7-12(17-10)8-11(9-15)13-4-2-3-5-14(13)16/h2-5,10-12H,6-9H2,1H3. The molecule has 1 aromatic carbocycles. The van der Waals surface area contributed by atoms with Crippen LogP contribution >= 0.6 is 23.2 Å². The minimum atomic E-state index is 0.292. The molecule has 94 valence electrons. The Kier molecular flexibility index (Phi) is 4.72. The van der Waals surface area contributed by atoms with Gasteiger partial charge >= 0.3 is 0 Å². The molecular weight excluding hydrogens is 255 g/mol. The van der Waals surface area contributed by atoms with Gasteiger partial charge in [-0.05, 0) is 37.8 Å². The molecule has 0 saturated carbocycles. The predicted octanol–water partition coefficient (Wildman–Crippen LogP) is 4.62. The van der Waals surface area contributed by atoms with E-state index >= 15 is 0 Å². The van der Waals surface area contributed by atoms with E-state index in [4.69, 9.17) is 27.9 Å². The summed E-state index contributed by atoms with van der Waals surface area (Å²) in [4.78, 5) is 0. The van der Waals surface area contributed by atoms with Gasteiger partial charge in [-0.2, -0.15) is 0 Å². The lowest BCUT2D eigenvalue weighted by molar-refractivity contribution is 0.0478. The Hall–Kier alpha value is -0.240. The Labute approximate surface area is 113 Å². The van der Waals surface area contributed by atoms with Crippen LogP contribution in [0.15, 0.2) is 24.3 Å². The summed E-state index contributed by atoms with van der Waals surface area (Å²) in [6.45, 7) is 2.13. The van der Waals surface area contributed by atoms with Crippen LogP contribution in [0.3, 0.4) is 0 Å². The van der Waals surface area contributed by atoms with Gasteiger partial charge in [0, 0.05) is 16.8 Å². The van der Waals surface area contributed by atoms with Gasteiger partial charge in [0.15, 0.2) is 0 Å². The Morgan fingerprint density at radius 3 is 2.71 bits per heavy atom. The second kappa shape index (κ2) is 6.08. The Balaban J connectivity index is 2.04. The van der Waals surface area contributed by atoms with Crippen LogP contribution in [0, 0.1) is 0 Å². The van der Waals surface area contributed by atoms with Crippen molar-refractivity contribution in [2.75, 3.05) is 5.88 Å². The zero-order valence-corrected chi connectivity index (χ0v) is 11.5. The first-order valence-electron chi connectivity index (χ1n) is 6.16. The van der Waals surface area contributed by atoms with Crippen molar-refractivity contribution in [3.05, 3.63) is 34.9 Å². The first-order chi connectivity index (χ1) is 8.20. The van der Waals surface area contributed by atoms with Crippen molar-refractivity contribution in [2.24, 2.45) is 0 Å². The number of rotatable bonds is 4. The van der Waals surface area contributed by atoms with E-state index in [1.165, 1.54) is 0 Å². The molecule has 1 fully saturated rings. The van der Waals surface area contributed by atoms with E-state index in [0.29, 0.717) is 24.0 Å². The summed E-state index contributed by atoms with van der Waals surface area (Å²) in [7, 11) is 0. The summed E-state index contributed by atoms with van der Waals surface area (Å²) in [6, 6.07) is 7.95. The van der Waals surface area contributed by atoms with Crippen LogP contribution in [-0.4, -0.2) is 18.1 Å². The molecular formula is C14H18Cl2O. The van der Waals surface area contributed by atoms with E-state index in [2.05, 4.69) is 13.0 Å². The van der Waals surface area contributed by atoms with Crippen molar-refractivity contribution in [2.45, 2.75) is 44.3 Å². The van der Waals surface area contributed by atoms with E-state index in [-0.39, 0.29) is 0 Å². The van der Waals surface area contributed by atoms with Gasteiger partial charge in [-0.1, -0.05) is 29.8 Å². The highest BCUT2D eigenvalue weighted by Crippen LogP contribution is 2.33. The Bertz CT molecular complexity index is 367. The van der Waals surface area contributed by atoms with Crippen molar-refractivity contribution in [3.63, 3.8) is 0 Å². The maximum Gasteiger partial charge on any atom is 0.0586 e. The van der Waals surface area contributed by atoms with Crippen molar-refractivity contribution in [1.82, 2.24) is 0 Å². The highest BCUT2D eigenvalue weighted by Gasteiger charge is 2.26. The molecule has 3 unspecified atom stereocenters. The third kappa shape index (κ3) is 3.37. The van der Waals surface area contributed by atoms with Gasteiger partial charge in [0.25, 0.3) is 0 Å². The topological polar surface area (TPSA) is 9.23 Å². The number of hydrogen-bond donors (Lipinski definition) is 0. The lowest BCUT2D eigenvalue weighted by Gasteiger charge is -2.20. The first kappa shape index (κ1) is 13.2. The third-order valence-corrected chi connectivity index (χ3v) is 4.12. The van der Waals surface area contributed by atoms with Crippen molar-refractivity contribution in [1.29, 1.82) is 0 Å². The van der Waals surface area contributed by atoms with Gasteiger partial charge in [0.05, 0.1) is 12.2 Å². The van der Waals surface area contributed by atoms with E-state index in [1.807, 2.05) is 18.2 Å². The molecule has 1 aliphatic rings. The van der Waals surface area contributed by atoms with Gasteiger partial charge in [0.2, 0.25) is 0 Å². The molecule has 1 aromatic rings. The molecule has 2 rings (SSSR count). The lowest BCUT2D eigenvalue weighted by Crippen LogP contribution is -2.14. The SMILES string of the molecule is CC1CCC(CC(CCl)c2ccccc2Cl)O1. The molecule has 1 aliphatic heterocycles. The maximum absolute atomic E-state index is 6.21. The number of halogens is 2. The van der Waals surface area contributed by atoms with Crippen LogP contribution in [-0.2, 0) is 4.74 Å². The second-order valence-electron chi connectivity index (χ2n) is 4.75. The Morgan fingerprint density at radius 1 is 1.35 bits per heavy atom. The smallest absolute Gasteiger partial charge is 0.0586 e. The van der Waals surface area contributed by atoms with Crippen LogP contribution in [0.5, 0.6) is 0 Å². The average Bonchev–Trinajstić information content (AvgIpc) is 2.73. The number of ether oxygens (including phenoxy) is 1. The number of benzene rings is 1. The summed E-state index contributed by atoms with van der Waals surface area (Å²) in [5, 5.41) is 0.809. The summed E-state index contributed by atoms with van der Waals surface area (Å²) in [5.74, 6) is 0.887. The molecule has 1 heterocycles. The summed E-state index contributed by atoms with van der Waals surface area (Å²) >= 11 is 12.3. The van der Waals surface area contributed by atoms with E-state index in [9.17, 15) is 0 Å². The van der Waals surface area contributed by atoms with E-state index in [1.54, 1.807) is 0 Å². The van der Waals surface area contributed by atoms with Gasteiger partial charge in [-0.3, -0.25) is 0 Å². The minimum absolute atomic E-state index is 0.292. The molecule has 3 heteroatoms. The maximum atomic E-state index is 6.21. The molecule has 1 nitrogen and oxygen atoms in total. The van der Waals surface area contributed by atoms with Crippen LogP contribution in [0.25, 0.3) is 0 Å². The van der Waals surface area contributed by atoms with Crippen molar-refractivity contribution < 1.29 is 4.74 Å². The van der Waals surface area contributed by atoms with Gasteiger partial charge in [-0.15, -0.1) is 11.6 Å². The van der Waals surface area contributed by atoms with Crippen LogP contribution < -0.4 is 0 Å². The lowest BCUT2D eigenvalue weighted by atomic mass is 9.94. The second-order valence-corrected chi connectivity index (χ2v) is 5.47. The van der Waals surface area contributed by atoms with E-state index in [0.717, 1.165) is 29.8 Å². The van der Waals surface area contributed by atoms with Crippen molar-refractivity contribution >= 4 is 23.2 Å². The van der Waals surface area contributed by atoms with Crippen LogP contribution in [0.4, 0.5) is 0 Å². The fraction of sp³-hybridized carbons (Fsp3) is 0.571. The molecule has 3 atom stereocenters. The largest absolute Gasteiger partial charge is 0.375 e.